The zero-order chi connectivity index (χ0) is 18.9. The minimum absolute atomic E-state index is 0.0986. The maximum Gasteiger partial charge on any atom is 0.573 e. The highest BCUT2D eigenvalue weighted by atomic mass is 19.4. The van der Waals surface area contributed by atoms with E-state index in [4.69, 9.17) is 9.15 Å². The van der Waals surface area contributed by atoms with Gasteiger partial charge in [0.05, 0.1) is 6.26 Å². The van der Waals surface area contributed by atoms with Crippen molar-refractivity contribution in [1.29, 1.82) is 0 Å². The first-order valence-electron chi connectivity index (χ1n) is 8.71. The number of hydrogen-bond donors (Lipinski definition) is 0. The molecular formula is C20H18F3NO3. The van der Waals surface area contributed by atoms with Crippen molar-refractivity contribution in [3.05, 3.63) is 54.8 Å². The van der Waals surface area contributed by atoms with Crippen LogP contribution in [-0.2, 0) is 0 Å². The minimum atomic E-state index is -4.67. The van der Waals surface area contributed by atoms with E-state index >= 15 is 0 Å². The third-order valence-electron chi connectivity index (χ3n) is 4.61. The van der Waals surface area contributed by atoms with E-state index in [2.05, 4.69) is 9.64 Å². The number of benzene rings is 2. The molecule has 3 aromatic rings. The van der Waals surface area contributed by atoms with E-state index in [1.54, 1.807) is 18.4 Å². The Kier molecular flexibility index (Phi) is 4.59. The molecule has 0 bridgehead atoms. The average Bonchev–Trinajstić information content (AvgIpc) is 3.10. The van der Waals surface area contributed by atoms with Crippen LogP contribution < -0.4 is 14.4 Å². The molecule has 0 atom stereocenters. The van der Waals surface area contributed by atoms with E-state index in [0.29, 0.717) is 0 Å². The molecule has 0 radical (unpaired) electrons. The summed E-state index contributed by atoms with van der Waals surface area (Å²) in [6.07, 6.45) is -1.26. The second-order valence-corrected chi connectivity index (χ2v) is 6.47. The first-order valence-corrected chi connectivity index (χ1v) is 8.71. The molecule has 2 aromatic carbocycles. The van der Waals surface area contributed by atoms with Crippen LogP contribution in [0.25, 0.3) is 11.0 Å². The van der Waals surface area contributed by atoms with Gasteiger partial charge in [-0.3, -0.25) is 0 Å². The first-order chi connectivity index (χ1) is 13.0. The zero-order valence-corrected chi connectivity index (χ0v) is 14.4. The molecule has 27 heavy (non-hydrogen) atoms. The van der Waals surface area contributed by atoms with Crippen LogP contribution in [0, 0.1) is 0 Å². The molecule has 1 saturated heterocycles. The number of fused-ring (bicyclic) bond motifs is 1. The lowest BCUT2D eigenvalue weighted by atomic mass is 10.1. The van der Waals surface area contributed by atoms with Gasteiger partial charge in [-0.2, -0.15) is 0 Å². The maximum atomic E-state index is 12.2. The third-order valence-corrected chi connectivity index (χ3v) is 4.61. The molecule has 0 saturated carbocycles. The predicted molar refractivity (Wildman–Crippen MR) is 95.2 cm³/mol. The second-order valence-electron chi connectivity index (χ2n) is 6.47. The van der Waals surface area contributed by atoms with Gasteiger partial charge in [0.25, 0.3) is 0 Å². The van der Waals surface area contributed by atoms with Crippen LogP contribution in [0.4, 0.5) is 18.9 Å². The second kappa shape index (κ2) is 7.06. The van der Waals surface area contributed by atoms with Gasteiger partial charge in [0, 0.05) is 43.1 Å². The number of ether oxygens (including phenoxy) is 2. The zero-order valence-electron chi connectivity index (χ0n) is 14.4. The fraction of sp³-hybridized carbons (Fsp3) is 0.300. The van der Waals surface area contributed by atoms with Crippen molar-refractivity contribution in [1.82, 2.24) is 0 Å². The van der Waals surface area contributed by atoms with Crippen LogP contribution in [0.5, 0.6) is 11.5 Å². The molecule has 142 valence electrons. The lowest BCUT2D eigenvalue weighted by Crippen LogP contribution is -2.38. The molecule has 0 aliphatic carbocycles. The van der Waals surface area contributed by atoms with Gasteiger partial charge in [-0.25, -0.2) is 0 Å². The van der Waals surface area contributed by atoms with Gasteiger partial charge >= 0.3 is 6.36 Å². The van der Waals surface area contributed by atoms with E-state index < -0.39 is 6.36 Å². The number of nitrogens with zero attached hydrogens (tertiary/aromatic N) is 1. The molecule has 0 N–H and O–H groups in total. The van der Waals surface area contributed by atoms with Gasteiger partial charge in [-0.15, -0.1) is 13.2 Å². The quantitative estimate of drug-likeness (QED) is 0.612. The SMILES string of the molecule is FC(F)(F)Oc1ccc(N2CCC(Oc3ccc4ccoc4c3)CC2)cc1. The van der Waals surface area contributed by atoms with Gasteiger partial charge in [0.15, 0.2) is 0 Å². The van der Waals surface area contributed by atoms with E-state index in [0.717, 1.165) is 48.3 Å². The van der Waals surface area contributed by atoms with Gasteiger partial charge in [-0.1, -0.05) is 0 Å². The van der Waals surface area contributed by atoms with E-state index in [-0.39, 0.29) is 11.9 Å². The van der Waals surface area contributed by atoms with Crippen LogP contribution in [0.1, 0.15) is 12.8 Å². The number of piperidine rings is 1. The summed E-state index contributed by atoms with van der Waals surface area (Å²) in [5.74, 6) is 0.572. The highest BCUT2D eigenvalue weighted by Gasteiger charge is 2.31. The van der Waals surface area contributed by atoms with Crippen molar-refractivity contribution in [3.63, 3.8) is 0 Å². The summed E-state index contributed by atoms with van der Waals surface area (Å²) in [7, 11) is 0. The van der Waals surface area contributed by atoms with Crippen LogP contribution >= 0.6 is 0 Å². The summed E-state index contributed by atoms with van der Waals surface area (Å²) in [6, 6.07) is 13.7. The summed E-state index contributed by atoms with van der Waals surface area (Å²) in [5, 5.41) is 1.04. The Morgan fingerprint density at radius 3 is 2.33 bits per heavy atom. The number of alkyl halides is 3. The fourth-order valence-corrected chi connectivity index (χ4v) is 3.29. The number of hydrogen-bond acceptors (Lipinski definition) is 4. The number of anilines is 1. The highest BCUT2D eigenvalue weighted by molar-refractivity contribution is 5.78. The van der Waals surface area contributed by atoms with Crippen LogP contribution in [0.3, 0.4) is 0 Å². The summed E-state index contributed by atoms with van der Waals surface area (Å²) in [5.41, 5.74) is 1.67. The summed E-state index contributed by atoms with van der Waals surface area (Å²) in [4.78, 5) is 2.13. The molecule has 0 spiro atoms. The Labute approximate surface area is 154 Å². The molecular weight excluding hydrogens is 359 g/mol. The van der Waals surface area contributed by atoms with Crippen molar-refractivity contribution < 1.29 is 27.1 Å². The van der Waals surface area contributed by atoms with Crippen LogP contribution in [-0.4, -0.2) is 25.6 Å². The Morgan fingerprint density at radius 2 is 1.63 bits per heavy atom. The first kappa shape index (κ1) is 17.6. The summed E-state index contributed by atoms with van der Waals surface area (Å²) >= 11 is 0. The van der Waals surface area contributed by atoms with Gasteiger partial charge < -0.3 is 18.8 Å². The van der Waals surface area contributed by atoms with Crippen LogP contribution in [0.2, 0.25) is 0 Å². The monoisotopic (exact) mass is 377 g/mol. The fourth-order valence-electron chi connectivity index (χ4n) is 3.29. The van der Waals surface area contributed by atoms with Gasteiger partial charge in [-0.05, 0) is 42.5 Å². The van der Waals surface area contributed by atoms with Crippen molar-refractivity contribution in [3.8, 4) is 11.5 Å². The third kappa shape index (κ3) is 4.30. The number of halogens is 3. The van der Waals surface area contributed by atoms with Gasteiger partial charge in [0.1, 0.15) is 23.2 Å². The van der Waals surface area contributed by atoms with Crippen molar-refractivity contribution in [2.24, 2.45) is 0 Å². The van der Waals surface area contributed by atoms with E-state index in [1.165, 1.54) is 12.1 Å². The Bertz CT molecular complexity index is 897. The standard InChI is InChI=1S/C20H18F3NO3/c21-20(22,23)27-17-5-2-15(3-6-17)24-10-7-16(8-11-24)26-18-4-1-14-9-12-25-19(14)13-18/h1-6,9,12-13,16H,7-8,10-11H2. The topological polar surface area (TPSA) is 34.8 Å². The molecule has 4 nitrogen and oxygen atoms in total. The molecule has 0 unspecified atom stereocenters. The Balaban J connectivity index is 1.33. The average molecular weight is 377 g/mol. The number of furan rings is 1. The van der Waals surface area contributed by atoms with Crippen molar-refractivity contribution >= 4 is 16.7 Å². The predicted octanol–water partition coefficient (Wildman–Crippen LogP) is 5.38. The Hall–Kier alpha value is -2.83. The van der Waals surface area contributed by atoms with Crippen molar-refractivity contribution in [2.45, 2.75) is 25.3 Å². The van der Waals surface area contributed by atoms with E-state index in [1.807, 2.05) is 24.3 Å². The molecule has 1 aliphatic rings. The molecule has 1 aliphatic heterocycles. The largest absolute Gasteiger partial charge is 0.573 e. The normalized spacial score (nSPS) is 15.9. The summed E-state index contributed by atoms with van der Waals surface area (Å²) in [6.45, 7) is 1.54. The lowest BCUT2D eigenvalue weighted by molar-refractivity contribution is -0.274. The smallest absolute Gasteiger partial charge is 0.490 e. The van der Waals surface area contributed by atoms with Crippen LogP contribution in [0.15, 0.2) is 59.2 Å². The highest BCUT2D eigenvalue weighted by Crippen LogP contribution is 2.28. The maximum absolute atomic E-state index is 12.2. The molecule has 1 aromatic heterocycles. The molecule has 0 amide bonds. The number of rotatable bonds is 4. The molecule has 1 fully saturated rings. The summed E-state index contributed by atoms with van der Waals surface area (Å²) < 4.78 is 52.1. The molecule has 7 heteroatoms. The molecule has 4 rings (SSSR count). The van der Waals surface area contributed by atoms with Crippen molar-refractivity contribution in [2.75, 3.05) is 18.0 Å². The van der Waals surface area contributed by atoms with Gasteiger partial charge in [0.2, 0.25) is 0 Å². The molecule has 2 heterocycles. The minimum Gasteiger partial charge on any atom is -0.490 e. The lowest BCUT2D eigenvalue weighted by Gasteiger charge is -2.33. The Morgan fingerprint density at radius 1 is 0.926 bits per heavy atom. The van der Waals surface area contributed by atoms with E-state index in [9.17, 15) is 13.2 Å².